The zero-order valence-corrected chi connectivity index (χ0v) is 12.8. The summed E-state index contributed by atoms with van der Waals surface area (Å²) in [5, 5.41) is 8.93. The lowest BCUT2D eigenvalue weighted by Gasteiger charge is -2.16. The molecule has 1 aromatic heterocycles. The highest BCUT2D eigenvalue weighted by Gasteiger charge is 2.15. The molecule has 0 saturated heterocycles. The molecule has 0 spiro atoms. The Labute approximate surface area is 110 Å². The highest BCUT2D eigenvalue weighted by Crippen LogP contribution is 2.13. The maximum atomic E-state index is 10.9. The first-order valence-corrected chi connectivity index (χ1v) is 9.83. The van der Waals surface area contributed by atoms with Crippen LogP contribution in [0.1, 0.15) is 10.5 Å². The average molecular weight is 321 g/mol. The predicted octanol–water partition coefficient (Wildman–Crippen LogP) is 2.66. The van der Waals surface area contributed by atoms with Gasteiger partial charge in [0.05, 0.1) is 6.20 Å². The van der Waals surface area contributed by atoms with E-state index in [2.05, 4.69) is 40.6 Å². The lowest BCUT2D eigenvalue weighted by molar-refractivity contribution is 0.0618. The van der Waals surface area contributed by atoms with E-state index in [4.69, 9.17) is 9.84 Å². The van der Waals surface area contributed by atoms with Crippen molar-refractivity contribution in [2.45, 2.75) is 32.4 Å². The van der Waals surface area contributed by atoms with E-state index in [0.29, 0.717) is 11.3 Å². The minimum Gasteiger partial charge on any atom is -0.477 e. The number of carbonyl (C=O) groups is 1. The van der Waals surface area contributed by atoms with Gasteiger partial charge in [-0.3, -0.25) is 4.57 Å². The largest absolute Gasteiger partial charge is 0.477 e. The van der Waals surface area contributed by atoms with E-state index in [1.165, 1.54) is 10.8 Å². The summed E-state index contributed by atoms with van der Waals surface area (Å²) in [6, 6.07) is 1.06. The summed E-state index contributed by atoms with van der Waals surface area (Å²) in [5.41, 5.74) is 0.130. The number of carboxylic acid groups (broad SMARTS) is 1. The van der Waals surface area contributed by atoms with Crippen LogP contribution in [-0.4, -0.2) is 35.3 Å². The Balaban J connectivity index is 2.52. The van der Waals surface area contributed by atoms with Crippen molar-refractivity contribution in [1.29, 1.82) is 0 Å². The van der Waals surface area contributed by atoms with Crippen molar-refractivity contribution < 1.29 is 14.6 Å². The maximum absolute atomic E-state index is 10.9. The quantitative estimate of drug-likeness (QED) is 0.646. The molecule has 1 heterocycles. The van der Waals surface area contributed by atoms with Gasteiger partial charge in [-0.1, -0.05) is 19.6 Å². The molecular formula is C10H17BrN2O3Si. The smallest absolute Gasteiger partial charge is 0.354 e. The Morgan fingerprint density at radius 3 is 2.76 bits per heavy atom. The Bertz CT molecular complexity index is 401. The number of imidazole rings is 1. The van der Waals surface area contributed by atoms with E-state index < -0.39 is 14.0 Å². The number of ether oxygens (including phenoxy) is 1. The number of carboxylic acids is 1. The molecule has 0 aliphatic heterocycles. The molecule has 96 valence electrons. The van der Waals surface area contributed by atoms with Crippen molar-refractivity contribution in [3.63, 3.8) is 0 Å². The highest BCUT2D eigenvalue weighted by molar-refractivity contribution is 9.10. The summed E-state index contributed by atoms with van der Waals surface area (Å²) in [6.45, 7) is 7.68. The third-order valence-electron chi connectivity index (χ3n) is 2.24. The van der Waals surface area contributed by atoms with Crippen molar-refractivity contribution >= 4 is 30.0 Å². The molecule has 0 aliphatic carbocycles. The Morgan fingerprint density at radius 2 is 2.24 bits per heavy atom. The fourth-order valence-electron chi connectivity index (χ4n) is 1.18. The minimum atomic E-state index is -1.11. The van der Waals surface area contributed by atoms with Gasteiger partial charge < -0.3 is 9.84 Å². The molecule has 0 aromatic carbocycles. The molecule has 0 aliphatic rings. The SMILES string of the molecule is C[Si](C)(C)CCOCn1c(C(=O)O)cnc1Br. The van der Waals surface area contributed by atoms with Gasteiger partial charge >= 0.3 is 5.97 Å². The second-order valence-corrected chi connectivity index (χ2v) is 11.3. The normalized spacial score (nSPS) is 11.8. The first-order valence-electron chi connectivity index (χ1n) is 5.33. The fourth-order valence-corrected chi connectivity index (χ4v) is 2.33. The van der Waals surface area contributed by atoms with E-state index in [1.54, 1.807) is 0 Å². The van der Waals surface area contributed by atoms with E-state index in [1.807, 2.05) is 0 Å². The minimum absolute atomic E-state index is 0.130. The van der Waals surface area contributed by atoms with Gasteiger partial charge in [-0.15, -0.1) is 0 Å². The van der Waals surface area contributed by atoms with E-state index in [0.717, 1.165) is 6.04 Å². The van der Waals surface area contributed by atoms with Crippen molar-refractivity contribution in [2.24, 2.45) is 0 Å². The van der Waals surface area contributed by atoms with Crippen LogP contribution in [-0.2, 0) is 11.5 Å². The summed E-state index contributed by atoms with van der Waals surface area (Å²) in [5.74, 6) is -1.00. The van der Waals surface area contributed by atoms with Crippen LogP contribution in [0.3, 0.4) is 0 Å². The average Bonchev–Trinajstić information content (AvgIpc) is 2.53. The van der Waals surface area contributed by atoms with Gasteiger partial charge in [-0.25, -0.2) is 9.78 Å². The van der Waals surface area contributed by atoms with E-state index >= 15 is 0 Å². The molecule has 1 rings (SSSR count). The van der Waals surface area contributed by atoms with Crippen molar-refractivity contribution in [3.05, 3.63) is 16.6 Å². The maximum Gasteiger partial charge on any atom is 0.354 e. The van der Waals surface area contributed by atoms with Gasteiger partial charge in [0.15, 0.2) is 4.73 Å². The van der Waals surface area contributed by atoms with Gasteiger partial charge in [-0.2, -0.15) is 0 Å². The fraction of sp³-hybridized carbons (Fsp3) is 0.600. The first kappa shape index (κ1) is 14.4. The zero-order valence-electron chi connectivity index (χ0n) is 10.2. The number of halogens is 1. The van der Waals surface area contributed by atoms with Crippen LogP contribution in [0, 0.1) is 0 Å². The summed E-state index contributed by atoms with van der Waals surface area (Å²) >= 11 is 3.19. The third kappa shape index (κ3) is 4.61. The van der Waals surface area contributed by atoms with Crippen molar-refractivity contribution in [2.75, 3.05) is 6.61 Å². The Kier molecular flexibility index (Phi) is 4.90. The molecule has 0 unspecified atom stereocenters. The molecule has 1 aromatic rings. The summed E-state index contributed by atoms with van der Waals surface area (Å²) < 4.78 is 7.46. The van der Waals surface area contributed by atoms with Gasteiger partial charge in [0.25, 0.3) is 0 Å². The molecule has 0 bridgehead atoms. The Hall–Kier alpha value is -0.663. The molecule has 0 atom stereocenters. The first-order chi connectivity index (χ1) is 7.81. The zero-order chi connectivity index (χ0) is 13.1. The predicted molar refractivity (Wildman–Crippen MR) is 71.0 cm³/mol. The van der Waals surface area contributed by atoms with Crippen LogP contribution < -0.4 is 0 Å². The number of rotatable bonds is 6. The van der Waals surface area contributed by atoms with E-state index in [-0.39, 0.29) is 12.4 Å². The molecule has 17 heavy (non-hydrogen) atoms. The number of hydrogen-bond donors (Lipinski definition) is 1. The number of aromatic nitrogens is 2. The molecule has 0 amide bonds. The van der Waals surface area contributed by atoms with Crippen molar-refractivity contribution in [3.8, 4) is 0 Å². The van der Waals surface area contributed by atoms with E-state index in [9.17, 15) is 4.79 Å². The van der Waals surface area contributed by atoms with Gasteiger partial charge in [0.2, 0.25) is 0 Å². The van der Waals surface area contributed by atoms with Gasteiger partial charge in [-0.05, 0) is 22.0 Å². The van der Waals surface area contributed by atoms with Crippen LogP contribution in [0.25, 0.3) is 0 Å². The van der Waals surface area contributed by atoms with Crippen molar-refractivity contribution in [1.82, 2.24) is 9.55 Å². The molecule has 0 fully saturated rings. The molecule has 0 saturated carbocycles. The number of hydrogen-bond acceptors (Lipinski definition) is 3. The van der Waals surface area contributed by atoms with Gasteiger partial charge in [0.1, 0.15) is 12.4 Å². The molecule has 7 heteroatoms. The summed E-state index contributed by atoms with van der Waals surface area (Å²) in [4.78, 5) is 14.8. The molecule has 0 radical (unpaired) electrons. The second-order valence-electron chi connectivity index (χ2n) is 4.99. The standard InChI is InChI=1S/C10H17BrN2O3Si/c1-17(2,3)5-4-16-7-13-8(9(14)15)6-12-10(13)11/h6H,4-5,7H2,1-3H3,(H,14,15). The lowest BCUT2D eigenvalue weighted by atomic mass is 10.5. The summed E-state index contributed by atoms with van der Waals surface area (Å²) in [7, 11) is -1.11. The number of aromatic carboxylic acids is 1. The van der Waals surface area contributed by atoms with Crippen LogP contribution >= 0.6 is 15.9 Å². The molecule has 1 N–H and O–H groups in total. The topological polar surface area (TPSA) is 64.3 Å². The highest BCUT2D eigenvalue weighted by atomic mass is 79.9. The number of nitrogens with zero attached hydrogens (tertiary/aromatic N) is 2. The van der Waals surface area contributed by atoms with Crippen LogP contribution in [0.15, 0.2) is 10.9 Å². The van der Waals surface area contributed by atoms with Gasteiger partial charge in [0, 0.05) is 14.7 Å². The molecule has 5 nitrogen and oxygen atoms in total. The second kappa shape index (κ2) is 5.79. The lowest BCUT2D eigenvalue weighted by Crippen LogP contribution is -2.22. The molecular weight excluding hydrogens is 304 g/mol. The summed E-state index contributed by atoms with van der Waals surface area (Å²) in [6.07, 6.45) is 1.31. The Morgan fingerprint density at radius 1 is 1.59 bits per heavy atom. The van der Waals surface area contributed by atoms with Crippen LogP contribution in [0.2, 0.25) is 25.7 Å². The monoisotopic (exact) mass is 320 g/mol. The third-order valence-corrected chi connectivity index (χ3v) is 4.58. The van der Waals surface area contributed by atoms with Crippen LogP contribution in [0.5, 0.6) is 0 Å². The van der Waals surface area contributed by atoms with Crippen LogP contribution in [0.4, 0.5) is 0 Å².